The molecule has 0 aliphatic heterocycles. The van der Waals surface area contributed by atoms with Crippen LogP contribution in [-0.4, -0.2) is 23.7 Å². The lowest BCUT2D eigenvalue weighted by Gasteiger charge is -2.19. The van der Waals surface area contributed by atoms with Crippen molar-refractivity contribution in [2.45, 2.75) is 52.5 Å². The molecule has 0 aliphatic carbocycles. The molecular formula is C11H23NO2. The van der Waals surface area contributed by atoms with E-state index in [4.69, 9.17) is 5.11 Å². The molecule has 0 rings (SSSR count). The number of nitrogens with one attached hydrogen (secondary N) is 1. The van der Waals surface area contributed by atoms with Crippen molar-refractivity contribution in [1.29, 1.82) is 0 Å². The Kier molecular flexibility index (Phi) is 7.48. The number of carbonyl (C=O) groups excluding carboxylic acids is 1. The molecule has 1 unspecified atom stereocenters. The Morgan fingerprint density at radius 3 is 2.43 bits per heavy atom. The number of aliphatic hydroxyl groups is 1. The summed E-state index contributed by atoms with van der Waals surface area (Å²) >= 11 is 0. The molecule has 14 heavy (non-hydrogen) atoms. The van der Waals surface area contributed by atoms with Crippen molar-refractivity contribution in [1.82, 2.24) is 5.32 Å². The van der Waals surface area contributed by atoms with E-state index in [0.29, 0.717) is 6.42 Å². The van der Waals surface area contributed by atoms with Gasteiger partial charge in [0.05, 0.1) is 12.6 Å². The lowest BCUT2D eigenvalue weighted by Crippen LogP contribution is -2.41. The Balaban J connectivity index is 3.68. The zero-order valence-electron chi connectivity index (χ0n) is 9.55. The van der Waals surface area contributed by atoms with Gasteiger partial charge >= 0.3 is 0 Å². The van der Waals surface area contributed by atoms with Crippen LogP contribution in [0.4, 0.5) is 0 Å². The minimum absolute atomic E-state index is 0.0250. The van der Waals surface area contributed by atoms with Crippen molar-refractivity contribution in [3.63, 3.8) is 0 Å². The van der Waals surface area contributed by atoms with Gasteiger partial charge in [-0.3, -0.25) is 4.79 Å². The molecule has 0 heterocycles. The summed E-state index contributed by atoms with van der Waals surface area (Å²) in [4.78, 5) is 11.4. The van der Waals surface area contributed by atoms with Gasteiger partial charge in [-0.2, -0.15) is 0 Å². The lowest BCUT2D eigenvalue weighted by atomic mass is 10.1. The second-order valence-electron chi connectivity index (χ2n) is 4.06. The van der Waals surface area contributed by atoms with Crippen molar-refractivity contribution in [3.8, 4) is 0 Å². The molecule has 0 radical (unpaired) electrons. The highest BCUT2D eigenvalue weighted by atomic mass is 16.3. The predicted molar refractivity (Wildman–Crippen MR) is 58.0 cm³/mol. The number of hydrogen-bond acceptors (Lipinski definition) is 2. The van der Waals surface area contributed by atoms with Crippen LogP contribution in [0.25, 0.3) is 0 Å². The minimum atomic E-state index is -0.0934. The quantitative estimate of drug-likeness (QED) is 0.616. The second kappa shape index (κ2) is 7.80. The number of amides is 1. The molecule has 0 saturated heterocycles. The van der Waals surface area contributed by atoms with Gasteiger partial charge in [0.1, 0.15) is 0 Å². The Labute approximate surface area is 86.9 Å². The van der Waals surface area contributed by atoms with Gasteiger partial charge in [-0.15, -0.1) is 0 Å². The highest BCUT2D eigenvalue weighted by Crippen LogP contribution is 2.03. The van der Waals surface area contributed by atoms with Gasteiger partial charge in [0.25, 0.3) is 0 Å². The van der Waals surface area contributed by atoms with Crippen LogP contribution < -0.4 is 5.32 Å². The first-order valence-electron chi connectivity index (χ1n) is 5.52. The molecule has 0 aromatic heterocycles. The maximum absolute atomic E-state index is 11.4. The molecule has 84 valence electrons. The Hall–Kier alpha value is -0.570. The van der Waals surface area contributed by atoms with Crippen LogP contribution in [0.2, 0.25) is 0 Å². The fraction of sp³-hybridized carbons (Fsp3) is 0.909. The summed E-state index contributed by atoms with van der Waals surface area (Å²) in [6.45, 7) is 6.13. The van der Waals surface area contributed by atoms with Gasteiger partial charge < -0.3 is 10.4 Å². The van der Waals surface area contributed by atoms with Gasteiger partial charge in [0.2, 0.25) is 5.91 Å². The molecule has 3 nitrogen and oxygen atoms in total. The maximum atomic E-state index is 11.4. The van der Waals surface area contributed by atoms with Crippen LogP contribution >= 0.6 is 0 Å². The first-order chi connectivity index (χ1) is 6.61. The third kappa shape index (κ3) is 5.97. The van der Waals surface area contributed by atoms with Crippen LogP contribution in [0, 0.1) is 5.92 Å². The third-order valence-corrected chi connectivity index (χ3v) is 2.36. The summed E-state index contributed by atoms with van der Waals surface area (Å²) in [6.07, 6.45) is 3.75. The summed E-state index contributed by atoms with van der Waals surface area (Å²) in [5.41, 5.74) is 0. The zero-order valence-corrected chi connectivity index (χ0v) is 9.55. The second-order valence-corrected chi connectivity index (χ2v) is 4.06. The van der Waals surface area contributed by atoms with Gasteiger partial charge in [-0.05, 0) is 12.3 Å². The van der Waals surface area contributed by atoms with E-state index in [2.05, 4.69) is 12.2 Å². The highest BCUT2D eigenvalue weighted by molar-refractivity contribution is 5.76. The van der Waals surface area contributed by atoms with Crippen LogP contribution in [0.3, 0.4) is 0 Å². The van der Waals surface area contributed by atoms with E-state index < -0.39 is 0 Å². The predicted octanol–water partition coefficient (Wildman–Crippen LogP) is 1.70. The van der Waals surface area contributed by atoms with Gasteiger partial charge in [0.15, 0.2) is 0 Å². The maximum Gasteiger partial charge on any atom is 0.220 e. The molecular weight excluding hydrogens is 178 g/mol. The molecule has 0 fully saturated rings. The first kappa shape index (κ1) is 13.4. The summed E-state index contributed by atoms with van der Waals surface area (Å²) in [5.74, 6) is 0.348. The number of unbranched alkanes of at least 4 members (excludes halogenated alkanes) is 2. The van der Waals surface area contributed by atoms with E-state index in [9.17, 15) is 4.79 Å². The minimum Gasteiger partial charge on any atom is -0.394 e. The van der Waals surface area contributed by atoms with E-state index in [0.717, 1.165) is 19.3 Å². The number of hydrogen-bond donors (Lipinski definition) is 2. The molecule has 0 spiro atoms. The Morgan fingerprint density at radius 2 is 2.00 bits per heavy atom. The Morgan fingerprint density at radius 1 is 1.36 bits per heavy atom. The monoisotopic (exact) mass is 201 g/mol. The van der Waals surface area contributed by atoms with Gasteiger partial charge in [0, 0.05) is 6.42 Å². The van der Waals surface area contributed by atoms with E-state index in [1.165, 1.54) is 0 Å². The van der Waals surface area contributed by atoms with E-state index in [-0.39, 0.29) is 24.5 Å². The number of carbonyl (C=O) groups is 1. The molecule has 0 bridgehead atoms. The van der Waals surface area contributed by atoms with Gasteiger partial charge in [-0.1, -0.05) is 33.6 Å². The molecule has 0 aromatic carbocycles. The largest absolute Gasteiger partial charge is 0.394 e. The highest BCUT2D eigenvalue weighted by Gasteiger charge is 2.14. The van der Waals surface area contributed by atoms with Crippen LogP contribution in [0.5, 0.6) is 0 Å². The van der Waals surface area contributed by atoms with Crippen LogP contribution in [0.15, 0.2) is 0 Å². The first-order valence-corrected chi connectivity index (χ1v) is 5.52. The smallest absolute Gasteiger partial charge is 0.220 e. The molecule has 0 saturated carbocycles. The topological polar surface area (TPSA) is 49.3 Å². The molecule has 1 amide bonds. The van der Waals surface area contributed by atoms with Crippen molar-refractivity contribution in [3.05, 3.63) is 0 Å². The molecule has 2 N–H and O–H groups in total. The molecule has 0 aromatic rings. The fourth-order valence-corrected chi connectivity index (χ4v) is 1.24. The average Bonchev–Trinajstić information content (AvgIpc) is 2.14. The lowest BCUT2D eigenvalue weighted by molar-refractivity contribution is -0.122. The van der Waals surface area contributed by atoms with E-state index >= 15 is 0 Å². The SMILES string of the molecule is CCCCCC(=O)NC(CO)C(C)C. The van der Waals surface area contributed by atoms with E-state index in [1.54, 1.807) is 0 Å². The summed E-state index contributed by atoms with van der Waals surface area (Å²) in [5, 5.41) is 11.8. The molecule has 3 heteroatoms. The number of aliphatic hydroxyl groups excluding tert-OH is 1. The number of rotatable bonds is 7. The van der Waals surface area contributed by atoms with Crippen LogP contribution in [-0.2, 0) is 4.79 Å². The normalized spacial score (nSPS) is 12.9. The zero-order chi connectivity index (χ0) is 11.0. The Bertz CT molecular complexity index is 157. The van der Waals surface area contributed by atoms with Gasteiger partial charge in [-0.25, -0.2) is 0 Å². The third-order valence-electron chi connectivity index (χ3n) is 2.36. The van der Waals surface area contributed by atoms with Crippen LogP contribution in [0.1, 0.15) is 46.5 Å². The summed E-state index contributed by atoms with van der Waals surface area (Å²) < 4.78 is 0. The van der Waals surface area contributed by atoms with Crippen molar-refractivity contribution >= 4 is 5.91 Å². The summed E-state index contributed by atoms with van der Waals surface area (Å²) in [6, 6.07) is -0.0934. The summed E-state index contributed by atoms with van der Waals surface area (Å²) in [7, 11) is 0. The standard InChI is InChI=1S/C11H23NO2/c1-4-5-6-7-11(14)12-10(8-13)9(2)3/h9-10,13H,4-8H2,1-3H3,(H,12,14). The van der Waals surface area contributed by atoms with Crippen molar-refractivity contribution in [2.75, 3.05) is 6.61 Å². The molecule has 0 aliphatic rings. The van der Waals surface area contributed by atoms with Crippen molar-refractivity contribution < 1.29 is 9.90 Å². The molecule has 1 atom stereocenters. The van der Waals surface area contributed by atoms with Crippen molar-refractivity contribution in [2.24, 2.45) is 5.92 Å². The van der Waals surface area contributed by atoms with E-state index in [1.807, 2.05) is 13.8 Å². The fourth-order valence-electron chi connectivity index (χ4n) is 1.24. The average molecular weight is 201 g/mol.